The minimum absolute atomic E-state index is 0.227. The zero-order chi connectivity index (χ0) is 17.5. The summed E-state index contributed by atoms with van der Waals surface area (Å²) < 4.78 is 4.96. The first-order valence-corrected chi connectivity index (χ1v) is 7.59. The molecule has 1 amide bonds. The second kappa shape index (κ2) is 8.14. The topological polar surface area (TPSA) is 79.2 Å². The molecular formula is C18H15ClN2O3. The van der Waals surface area contributed by atoms with E-state index in [1.54, 1.807) is 30.3 Å². The van der Waals surface area contributed by atoms with Gasteiger partial charge in [0, 0.05) is 5.02 Å². The molecule has 6 heteroatoms. The number of hydrogen-bond acceptors (Lipinski definition) is 4. The van der Waals surface area contributed by atoms with E-state index in [1.807, 2.05) is 19.1 Å². The molecule has 0 fully saturated rings. The summed E-state index contributed by atoms with van der Waals surface area (Å²) in [5.41, 5.74) is 1.43. The standard InChI is InChI=1S/C18H15ClN2O3/c1-12(14-5-3-7-16(19)9-14)21-17(22)11-24-18(23)15-6-2-4-13(8-15)10-20/h2-9,12H,11H2,1H3,(H,21,22)/t12-/m0/s1. The Morgan fingerprint density at radius 1 is 1.25 bits per heavy atom. The number of carbonyl (C=O) groups is 2. The molecule has 0 heterocycles. The van der Waals surface area contributed by atoms with E-state index >= 15 is 0 Å². The van der Waals surface area contributed by atoms with E-state index in [0.717, 1.165) is 5.56 Å². The number of ether oxygens (including phenoxy) is 1. The second-order valence-corrected chi connectivity index (χ2v) is 5.55. The highest BCUT2D eigenvalue weighted by Gasteiger charge is 2.13. The van der Waals surface area contributed by atoms with Crippen LogP contribution in [-0.2, 0) is 9.53 Å². The van der Waals surface area contributed by atoms with Gasteiger partial charge in [0.25, 0.3) is 5.91 Å². The maximum absolute atomic E-state index is 11.9. The molecule has 5 nitrogen and oxygen atoms in total. The van der Waals surface area contributed by atoms with E-state index in [-0.39, 0.29) is 11.6 Å². The van der Waals surface area contributed by atoms with Crippen molar-refractivity contribution in [1.82, 2.24) is 5.32 Å². The number of esters is 1. The minimum atomic E-state index is -0.655. The summed E-state index contributed by atoms with van der Waals surface area (Å²) in [7, 11) is 0. The Balaban J connectivity index is 1.88. The van der Waals surface area contributed by atoms with E-state index in [9.17, 15) is 9.59 Å². The van der Waals surface area contributed by atoms with Crippen LogP contribution in [0.15, 0.2) is 48.5 Å². The van der Waals surface area contributed by atoms with Gasteiger partial charge in [-0.15, -0.1) is 0 Å². The van der Waals surface area contributed by atoms with E-state index in [4.69, 9.17) is 21.6 Å². The fraction of sp³-hybridized carbons (Fsp3) is 0.167. The predicted octanol–water partition coefficient (Wildman–Crippen LogP) is 3.25. The smallest absolute Gasteiger partial charge is 0.338 e. The van der Waals surface area contributed by atoms with E-state index in [1.165, 1.54) is 12.1 Å². The maximum atomic E-state index is 11.9. The first-order chi connectivity index (χ1) is 11.5. The summed E-state index contributed by atoms with van der Waals surface area (Å²) in [5, 5.41) is 12.1. The number of nitrogens with zero attached hydrogens (tertiary/aromatic N) is 1. The Hall–Kier alpha value is -2.84. The van der Waals surface area contributed by atoms with Crippen molar-refractivity contribution in [3.63, 3.8) is 0 Å². The number of nitriles is 1. The molecule has 122 valence electrons. The summed E-state index contributed by atoms with van der Waals surface area (Å²) >= 11 is 5.92. The first-order valence-electron chi connectivity index (χ1n) is 7.21. The minimum Gasteiger partial charge on any atom is -0.452 e. The lowest BCUT2D eigenvalue weighted by atomic mass is 10.1. The molecule has 24 heavy (non-hydrogen) atoms. The molecular weight excluding hydrogens is 328 g/mol. The number of benzene rings is 2. The van der Waals surface area contributed by atoms with Crippen LogP contribution in [-0.4, -0.2) is 18.5 Å². The highest BCUT2D eigenvalue weighted by Crippen LogP contribution is 2.17. The predicted molar refractivity (Wildman–Crippen MR) is 89.4 cm³/mol. The van der Waals surface area contributed by atoms with Crippen LogP contribution < -0.4 is 5.32 Å². The summed E-state index contributed by atoms with van der Waals surface area (Å²) in [6, 6.07) is 14.9. The third-order valence-electron chi connectivity index (χ3n) is 3.29. The molecule has 0 aromatic heterocycles. The quantitative estimate of drug-likeness (QED) is 0.846. The number of halogens is 1. The molecule has 2 aromatic carbocycles. The van der Waals surface area contributed by atoms with Crippen molar-refractivity contribution in [3.8, 4) is 6.07 Å². The van der Waals surface area contributed by atoms with Crippen molar-refractivity contribution in [1.29, 1.82) is 5.26 Å². The van der Waals surface area contributed by atoms with Crippen molar-refractivity contribution in [3.05, 3.63) is 70.2 Å². The van der Waals surface area contributed by atoms with Crippen molar-refractivity contribution >= 4 is 23.5 Å². The SMILES string of the molecule is C[C@H](NC(=O)COC(=O)c1cccc(C#N)c1)c1cccc(Cl)c1. The van der Waals surface area contributed by atoms with Gasteiger partial charge in [0.2, 0.25) is 0 Å². The Morgan fingerprint density at radius 2 is 2.00 bits per heavy atom. The van der Waals surface area contributed by atoms with Crippen molar-refractivity contribution in [2.24, 2.45) is 0 Å². The van der Waals surface area contributed by atoms with Gasteiger partial charge in [-0.3, -0.25) is 4.79 Å². The number of hydrogen-bond donors (Lipinski definition) is 1. The molecule has 1 atom stereocenters. The molecule has 0 saturated carbocycles. The first kappa shape index (κ1) is 17.5. The zero-order valence-electron chi connectivity index (χ0n) is 13.0. The molecule has 1 N–H and O–H groups in total. The van der Waals surface area contributed by atoms with Crippen molar-refractivity contribution in [2.45, 2.75) is 13.0 Å². The van der Waals surface area contributed by atoms with Crippen molar-refractivity contribution < 1.29 is 14.3 Å². The van der Waals surface area contributed by atoms with Gasteiger partial charge in [-0.2, -0.15) is 5.26 Å². The molecule has 0 spiro atoms. The normalized spacial score (nSPS) is 11.2. The Kier molecular flexibility index (Phi) is 5.94. The lowest BCUT2D eigenvalue weighted by Gasteiger charge is -2.14. The fourth-order valence-electron chi connectivity index (χ4n) is 2.07. The highest BCUT2D eigenvalue weighted by molar-refractivity contribution is 6.30. The largest absolute Gasteiger partial charge is 0.452 e. The maximum Gasteiger partial charge on any atom is 0.338 e. The monoisotopic (exact) mass is 342 g/mol. The van der Waals surface area contributed by atoms with Gasteiger partial charge in [0.15, 0.2) is 6.61 Å². The van der Waals surface area contributed by atoms with Gasteiger partial charge < -0.3 is 10.1 Å². The number of rotatable bonds is 5. The van der Waals surface area contributed by atoms with E-state index in [0.29, 0.717) is 10.6 Å². The lowest BCUT2D eigenvalue weighted by molar-refractivity contribution is -0.124. The average molecular weight is 343 g/mol. The van der Waals surface area contributed by atoms with Crippen LogP contribution in [0.3, 0.4) is 0 Å². The molecule has 0 aliphatic heterocycles. The lowest BCUT2D eigenvalue weighted by Crippen LogP contribution is -2.31. The summed E-state index contributed by atoms with van der Waals surface area (Å²) in [5.74, 6) is -1.08. The van der Waals surface area contributed by atoms with Crippen LogP contribution in [0.2, 0.25) is 5.02 Å². The Labute approximate surface area is 144 Å². The van der Waals surface area contributed by atoms with Gasteiger partial charge in [0.05, 0.1) is 23.2 Å². The fourth-order valence-corrected chi connectivity index (χ4v) is 2.27. The average Bonchev–Trinajstić information content (AvgIpc) is 2.59. The third-order valence-corrected chi connectivity index (χ3v) is 3.52. The van der Waals surface area contributed by atoms with Gasteiger partial charge in [-0.1, -0.05) is 29.8 Å². The highest BCUT2D eigenvalue weighted by atomic mass is 35.5. The molecule has 0 radical (unpaired) electrons. The molecule has 2 aromatic rings. The summed E-state index contributed by atoms with van der Waals surface area (Å²) in [4.78, 5) is 23.8. The third kappa shape index (κ3) is 4.83. The van der Waals surface area contributed by atoms with Gasteiger partial charge in [-0.05, 0) is 42.8 Å². The van der Waals surface area contributed by atoms with Gasteiger partial charge >= 0.3 is 5.97 Å². The van der Waals surface area contributed by atoms with Crippen molar-refractivity contribution in [2.75, 3.05) is 6.61 Å². The number of amides is 1. The Morgan fingerprint density at radius 3 is 2.71 bits per heavy atom. The molecule has 0 aliphatic carbocycles. The summed E-state index contributed by atoms with van der Waals surface area (Å²) in [6.45, 7) is 1.41. The summed E-state index contributed by atoms with van der Waals surface area (Å²) in [6.07, 6.45) is 0. The molecule has 0 unspecified atom stereocenters. The molecule has 0 bridgehead atoms. The van der Waals surface area contributed by atoms with Crippen LogP contribution in [0.4, 0.5) is 0 Å². The van der Waals surface area contributed by atoms with Crippen LogP contribution in [0.1, 0.15) is 34.5 Å². The Bertz CT molecular complexity index is 799. The number of carbonyl (C=O) groups excluding carboxylic acids is 2. The molecule has 2 rings (SSSR count). The van der Waals surface area contributed by atoms with Crippen LogP contribution in [0.5, 0.6) is 0 Å². The molecule has 0 aliphatic rings. The second-order valence-electron chi connectivity index (χ2n) is 5.11. The van der Waals surface area contributed by atoms with Gasteiger partial charge in [-0.25, -0.2) is 4.79 Å². The zero-order valence-corrected chi connectivity index (χ0v) is 13.7. The number of nitrogens with one attached hydrogen (secondary N) is 1. The van der Waals surface area contributed by atoms with Gasteiger partial charge in [0.1, 0.15) is 0 Å². The van der Waals surface area contributed by atoms with E-state index in [2.05, 4.69) is 5.32 Å². The van der Waals surface area contributed by atoms with E-state index < -0.39 is 18.5 Å². The van der Waals surface area contributed by atoms with Crippen LogP contribution >= 0.6 is 11.6 Å². The van der Waals surface area contributed by atoms with Crippen LogP contribution in [0.25, 0.3) is 0 Å². The van der Waals surface area contributed by atoms with Crippen LogP contribution in [0, 0.1) is 11.3 Å². The molecule has 0 saturated heterocycles.